The number of hydrogen-bond acceptors (Lipinski definition) is 5. The van der Waals surface area contributed by atoms with Crippen LogP contribution in [0.25, 0.3) is 0 Å². The van der Waals surface area contributed by atoms with Gasteiger partial charge in [-0.3, -0.25) is 4.79 Å². The summed E-state index contributed by atoms with van der Waals surface area (Å²) in [5.41, 5.74) is 0.766. The molecule has 0 aliphatic carbocycles. The van der Waals surface area contributed by atoms with Crippen LogP contribution < -0.4 is 10.0 Å². The number of nitrogens with zero attached hydrogens (tertiary/aromatic N) is 1. The van der Waals surface area contributed by atoms with E-state index in [2.05, 4.69) is 15.0 Å². The lowest BCUT2D eigenvalue weighted by atomic mass is 10.4. The van der Waals surface area contributed by atoms with E-state index in [0.29, 0.717) is 5.82 Å². The zero-order chi connectivity index (χ0) is 14.6. The summed E-state index contributed by atoms with van der Waals surface area (Å²) in [6.45, 7) is 1.46. The smallest absolute Gasteiger partial charge is 0.250 e. The summed E-state index contributed by atoms with van der Waals surface area (Å²) in [6, 6.07) is 8.31. The zero-order valence-corrected chi connectivity index (χ0v) is 12.3. The van der Waals surface area contributed by atoms with Gasteiger partial charge in [-0.2, -0.15) is 0 Å². The second kappa shape index (κ2) is 6.12. The van der Waals surface area contributed by atoms with Crippen molar-refractivity contribution in [2.45, 2.75) is 11.1 Å². The van der Waals surface area contributed by atoms with Crippen molar-refractivity contribution in [1.29, 1.82) is 0 Å². The van der Waals surface area contributed by atoms with Gasteiger partial charge in [0.25, 0.3) is 10.0 Å². The van der Waals surface area contributed by atoms with Crippen molar-refractivity contribution in [2.75, 3.05) is 11.9 Å². The fourth-order valence-corrected chi connectivity index (χ4v) is 3.47. The lowest BCUT2D eigenvalue weighted by Crippen LogP contribution is -2.32. The molecule has 0 bridgehead atoms. The van der Waals surface area contributed by atoms with Crippen molar-refractivity contribution < 1.29 is 13.2 Å². The number of thiophene rings is 1. The van der Waals surface area contributed by atoms with Crippen molar-refractivity contribution in [3.63, 3.8) is 0 Å². The van der Waals surface area contributed by atoms with Gasteiger partial charge in [0, 0.05) is 5.69 Å². The van der Waals surface area contributed by atoms with Gasteiger partial charge in [-0.25, -0.2) is 18.1 Å². The molecule has 106 valence electrons. The maximum Gasteiger partial charge on any atom is 0.250 e. The third-order valence-electron chi connectivity index (χ3n) is 2.34. The Kier molecular flexibility index (Phi) is 4.48. The van der Waals surface area contributed by atoms with E-state index in [9.17, 15) is 13.2 Å². The molecular formula is C12H13N3O3S2. The molecule has 1 amide bonds. The molecule has 0 saturated carbocycles. The van der Waals surface area contributed by atoms with Gasteiger partial charge in [-0.15, -0.1) is 11.3 Å². The van der Waals surface area contributed by atoms with Crippen molar-refractivity contribution in [3.8, 4) is 0 Å². The lowest BCUT2D eigenvalue weighted by Gasteiger charge is -2.06. The monoisotopic (exact) mass is 311 g/mol. The van der Waals surface area contributed by atoms with Crippen LogP contribution in [0.3, 0.4) is 0 Å². The quantitative estimate of drug-likeness (QED) is 0.873. The first-order chi connectivity index (χ1) is 9.47. The Bertz CT molecular complexity index is 696. The molecule has 2 aromatic heterocycles. The molecule has 0 aliphatic rings. The van der Waals surface area contributed by atoms with Crippen molar-refractivity contribution in [3.05, 3.63) is 41.4 Å². The van der Waals surface area contributed by atoms with Gasteiger partial charge in [0.05, 0.1) is 6.54 Å². The highest BCUT2D eigenvalue weighted by atomic mass is 32.2. The van der Waals surface area contributed by atoms with Gasteiger partial charge in [-0.05, 0) is 30.5 Å². The Morgan fingerprint density at radius 2 is 2.10 bits per heavy atom. The molecule has 0 atom stereocenters. The number of amides is 1. The summed E-state index contributed by atoms with van der Waals surface area (Å²) in [6.07, 6.45) is 0. The number of pyridine rings is 1. The minimum atomic E-state index is -3.63. The third-order valence-corrected chi connectivity index (χ3v) is 5.14. The highest BCUT2D eigenvalue weighted by molar-refractivity contribution is 7.91. The summed E-state index contributed by atoms with van der Waals surface area (Å²) in [7, 11) is -3.63. The van der Waals surface area contributed by atoms with E-state index in [1.165, 1.54) is 6.07 Å². The van der Waals surface area contributed by atoms with Gasteiger partial charge >= 0.3 is 0 Å². The molecule has 2 rings (SSSR count). The molecule has 2 N–H and O–H groups in total. The van der Waals surface area contributed by atoms with Crippen LogP contribution in [0.4, 0.5) is 5.82 Å². The van der Waals surface area contributed by atoms with Crippen molar-refractivity contribution in [1.82, 2.24) is 9.71 Å². The first-order valence-electron chi connectivity index (χ1n) is 5.74. The SMILES string of the molecule is Cc1cccc(NC(=O)CNS(=O)(=O)c2cccs2)n1. The first-order valence-corrected chi connectivity index (χ1v) is 8.10. The number of hydrogen-bond donors (Lipinski definition) is 2. The third kappa shape index (κ3) is 3.86. The van der Waals surface area contributed by atoms with Crippen LogP contribution >= 0.6 is 11.3 Å². The molecule has 0 saturated heterocycles. The van der Waals surface area contributed by atoms with Gasteiger partial charge in [-0.1, -0.05) is 12.1 Å². The average molecular weight is 311 g/mol. The molecular weight excluding hydrogens is 298 g/mol. The second-order valence-corrected chi connectivity index (χ2v) is 6.91. The van der Waals surface area contributed by atoms with E-state index >= 15 is 0 Å². The van der Waals surface area contributed by atoms with Gasteiger partial charge in [0.15, 0.2) is 0 Å². The minimum absolute atomic E-state index is 0.180. The summed E-state index contributed by atoms with van der Waals surface area (Å²) < 4.78 is 26.0. The Balaban J connectivity index is 1.93. The highest BCUT2D eigenvalue weighted by Crippen LogP contribution is 2.14. The van der Waals surface area contributed by atoms with Crippen LogP contribution in [-0.4, -0.2) is 25.9 Å². The van der Waals surface area contributed by atoms with Gasteiger partial charge in [0.1, 0.15) is 10.0 Å². The van der Waals surface area contributed by atoms with E-state index in [1.54, 1.807) is 36.6 Å². The molecule has 2 aromatic rings. The minimum Gasteiger partial charge on any atom is -0.310 e. The Morgan fingerprint density at radius 1 is 1.30 bits per heavy atom. The van der Waals surface area contributed by atoms with Crippen LogP contribution in [-0.2, 0) is 14.8 Å². The molecule has 2 heterocycles. The molecule has 6 nitrogen and oxygen atoms in total. The largest absolute Gasteiger partial charge is 0.310 e. The highest BCUT2D eigenvalue weighted by Gasteiger charge is 2.16. The number of carbonyl (C=O) groups excluding carboxylic acids is 1. The number of aryl methyl sites for hydroxylation is 1. The van der Waals surface area contributed by atoms with Crippen LogP contribution in [0.1, 0.15) is 5.69 Å². The van der Waals surface area contributed by atoms with Crippen LogP contribution in [0.5, 0.6) is 0 Å². The van der Waals surface area contributed by atoms with Crippen LogP contribution in [0, 0.1) is 6.92 Å². The van der Waals surface area contributed by atoms with E-state index in [1.807, 2.05) is 0 Å². The van der Waals surface area contributed by atoms with E-state index < -0.39 is 15.9 Å². The first kappa shape index (κ1) is 14.6. The summed E-state index contributed by atoms with van der Waals surface area (Å²) in [5, 5.41) is 4.19. The van der Waals surface area contributed by atoms with Crippen LogP contribution in [0.15, 0.2) is 39.9 Å². The van der Waals surface area contributed by atoms with E-state index in [-0.39, 0.29) is 10.8 Å². The number of rotatable bonds is 5. The fourth-order valence-electron chi connectivity index (χ4n) is 1.45. The number of aromatic nitrogens is 1. The molecule has 0 aromatic carbocycles. The average Bonchev–Trinajstić information content (AvgIpc) is 2.91. The standard InChI is InChI=1S/C12H13N3O3S2/c1-9-4-2-5-10(14-9)15-11(16)8-13-20(17,18)12-6-3-7-19-12/h2-7,13H,8H2,1H3,(H,14,15,16). The van der Waals surface area contributed by atoms with E-state index in [4.69, 9.17) is 0 Å². The molecule has 8 heteroatoms. The maximum absolute atomic E-state index is 11.8. The lowest BCUT2D eigenvalue weighted by molar-refractivity contribution is -0.115. The zero-order valence-electron chi connectivity index (χ0n) is 10.7. The molecule has 0 radical (unpaired) electrons. The van der Waals surface area contributed by atoms with Crippen molar-refractivity contribution in [2.24, 2.45) is 0 Å². The molecule has 20 heavy (non-hydrogen) atoms. The predicted octanol–water partition coefficient (Wildman–Crippen LogP) is 1.37. The Hall–Kier alpha value is -1.77. The molecule has 0 unspecified atom stereocenters. The van der Waals surface area contributed by atoms with E-state index in [0.717, 1.165) is 17.0 Å². The molecule has 0 fully saturated rings. The maximum atomic E-state index is 11.8. The normalized spacial score (nSPS) is 11.2. The molecule has 0 aliphatic heterocycles. The summed E-state index contributed by atoms with van der Waals surface area (Å²) in [4.78, 5) is 15.8. The summed E-state index contributed by atoms with van der Waals surface area (Å²) >= 11 is 1.09. The van der Waals surface area contributed by atoms with Crippen molar-refractivity contribution >= 4 is 33.1 Å². The van der Waals surface area contributed by atoms with Gasteiger partial charge < -0.3 is 5.32 Å². The molecule has 0 spiro atoms. The number of anilines is 1. The fraction of sp³-hybridized carbons (Fsp3) is 0.167. The van der Waals surface area contributed by atoms with Gasteiger partial charge in [0.2, 0.25) is 5.91 Å². The second-order valence-electron chi connectivity index (χ2n) is 3.97. The summed E-state index contributed by atoms with van der Waals surface area (Å²) in [5.74, 6) is -0.0754. The Morgan fingerprint density at radius 3 is 2.75 bits per heavy atom. The Labute approximate surface area is 120 Å². The number of carbonyl (C=O) groups is 1. The predicted molar refractivity (Wildman–Crippen MR) is 77.1 cm³/mol. The topological polar surface area (TPSA) is 88.2 Å². The number of nitrogens with one attached hydrogen (secondary N) is 2. The number of sulfonamides is 1. The van der Waals surface area contributed by atoms with Crippen LogP contribution in [0.2, 0.25) is 0 Å².